The van der Waals surface area contributed by atoms with Crippen LogP contribution in [0.4, 0.5) is 11.4 Å². The van der Waals surface area contributed by atoms with Gasteiger partial charge >= 0.3 is 0 Å². The van der Waals surface area contributed by atoms with Gasteiger partial charge in [0.15, 0.2) is 10.2 Å². The normalized spacial score (nSPS) is 12.9. The number of hydrogen-bond acceptors (Lipinski definition) is 6. The molecule has 1 aliphatic rings. The summed E-state index contributed by atoms with van der Waals surface area (Å²) >= 11 is 22.4. The number of rotatable bonds is 8. The smallest absolute Gasteiger partial charge is 0.261 e. The molecule has 1 aliphatic heterocycles. The van der Waals surface area contributed by atoms with E-state index in [2.05, 4.69) is 31.7 Å². The number of imide groups is 1. The lowest BCUT2D eigenvalue weighted by atomic mass is 10.1. The number of amides is 2. The number of thiocarbonyl (C=S) groups is 2. The minimum Gasteiger partial charge on any atom is -0.331 e. The molecule has 13 heteroatoms. The van der Waals surface area contributed by atoms with Crippen molar-refractivity contribution in [1.29, 1.82) is 0 Å². The summed E-state index contributed by atoms with van der Waals surface area (Å²) in [5, 5.41) is 16.1. The van der Waals surface area contributed by atoms with Crippen LogP contribution in [0.25, 0.3) is 0 Å². The maximum Gasteiger partial charge on any atom is 0.261 e. The zero-order chi connectivity index (χ0) is 27.8. The largest absolute Gasteiger partial charge is 0.331 e. The van der Waals surface area contributed by atoms with E-state index in [1.54, 1.807) is 72.8 Å². The third-order valence-electron chi connectivity index (χ3n) is 5.35. The summed E-state index contributed by atoms with van der Waals surface area (Å²) in [6.07, 6.45) is 1.62. The Morgan fingerprint density at radius 1 is 0.769 bits per heavy atom. The van der Waals surface area contributed by atoms with Gasteiger partial charge in [-0.1, -0.05) is 35.3 Å². The van der Waals surface area contributed by atoms with Gasteiger partial charge in [0.05, 0.1) is 23.1 Å². The summed E-state index contributed by atoms with van der Waals surface area (Å²) in [4.78, 5) is 26.7. The average molecular weight is 599 g/mol. The highest BCUT2D eigenvalue weighted by molar-refractivity contribution is 7.80. The minimum absolute atomic E-state index is 0.0870. The zero-order valence-corrected chi connectivity index (χ0v) is 23.3. The van der Waals surface area contributed by atoms with Gasteiger partial charge < -0.3 is 10.6 Å². The van der Waals surface area contributed by atoms with E-state index in [1.807, 2.05) is 0 Å². The molecule has 2 amide bonds. The van der Waals surface area contributed by atoms with E-state index in [0.29, 0.717) is 32.6 Å². The Balaban J connectivity index is 1.41. The first kappa shape index (κ1) is 28.1. The third kappa shape index (κ3) is 7.80. The lowest BCUT2D eigenvalue weighted by Gasteiger charge is -2.14. The number of fused-ring (bicyclic) bond motifs is 1. The van der Waals surface area contributed by atoms with E-state index in [9.17, 15) is 9.59 Å². The number of nitrogens with zero attached hydrogens (tertiary/aromatic N) is 3. The maximum atomic E-state index is 12.7. The summed E-state index contributed by atoms with van der Waals surface area (Å²) in [7, 11) is 0. The van der Waals surface area contributed by atoms with Gasteiger partial charge in [0, 0.05) is 34.4 Å². The highest BCUT2D eigenvalue weighted by Crippen LogP contribution is 2.22. The van der Waals surface area contributed by atoms with Gasteiger partial charge in [-0.15, -0.1) is 0 Å². The van der Waals surface area contributed by atoms with E-state index < -0.39 is 0 Å². The van der Waals surface area contributed by atoms with Crippen LogP contribution in [-0.2, 0) is 0 Å². The van der Waals surface area contributed by atoms with Gasteiger partial charge in [-0.2, -0.15) is 10.2 Å². The maximum absolute atomic E-state index is 12.7. The molecule has 3 aromatic carbocycles. The van der Waals surface area contributed by atoms with Crippen molar-refractivity contribution in [3.05, 3.63) is 94.0 Å². The van der Waals surface area contributed by atoms with Crippen LogP contribution in [0.1, 0.15) is 27.1 Å². The molecule has 198 valence electrons. The minimum atomic E-state index is -0.355. The molecule has 39 heavy (non-hydrogen) atoms. The topological polar surface area (TPSA) is 110 Å². The molecule has 0 radical (unpaired) electrons. The molecule has 4 rings (SSSR count). The Bertz CT molecular complexity index is 1430. The molecule has 4 N–H and O–H groups in total. The molecule has 9 nitrogen and oxygen atoms in total. The second-order valence-electron chi connectivity index (χ2n) is 8.06. The van der Waals surface area contributed by atoms with Crippen molar-refractivity contribution >= 4 is 93.0 Å². The fourth-order valence-corrected chi connectivity index (χ4v) is 4.08. The first-order chi connectivity index (χ1) is 18.8. The second kappa shape index (κ2) is 13.3. The molecule has 0 bridgehead atoms. The average Bonchev–Trinajstić information content (AvgIpc) is 3.17. The van der Waals surface area contributed by atoms with Crippen LogP contribution in [0.3, 0.4) is 0 Å². The summed E-state index contributed by atoms with van der Waals surface area (Å²) in [5.41, 5.74) is 8.05. The zero-order valence-electron chi connectivity index (χ0n) is 20.2. The number of hydrazone groups is 2. The SMILES string of the molecule is O=C1c2ccccc2C(=O)N1CCC(/C=N/NC(=S)Nc1ccc(Cl)cc1)=N\NC(=S)Nc1ccc(Cl)cc1. The molecule has 0 saturated carbocycles. The Kier molecular flexibility index (Phi) is 9.55. The van der Waals surface area contributed by atoms with Crippen molar-refractivity contribution in [3.63, 3.8) is 0 Å². The fourth-order valence-electron chi connectivity index (χ4n) is 3.49. The number of benzene rings is 3. The first-order valence-corrected chi connectivity index (χ1v) is 13.1. The molecule has 1 heterocycles. The van der Waals surface area contributed by atoms with Gasteiger partial charge in [0.25, 0.3) is 11.8 Å². The van der Waals surface area contributed by atoms with Crippen LogP contribution in [0.15, 0.2) is 83.0 Å². The number of halogens is 2. The lowest BCUT2D eigenvalue weighted by molar-refractivity contribution is 0.0659. The molecule has 0 spiro atoms. The molecule has 0 atom stereocenters. The number of carbonyl (C=O) groups excluding carboxylic acids is 2. The van der Waals surface area contributed by atoms with Crippen molar-refractivity contribution in [2.45, 2.75) is 6.42 Å². The van der Waals surface area contributed by atoms with Crippen molar-refractivity contribution in [3.8, 4) is 0 Å². The summed E-state index contributed by atoms with van der Waals surface area (Å²) < 4.78 is 0. The monoisotopic (exact) mass is 597 g/mol. The molecule has 0 aromatic heterocycles. The Morgan fingerprint density at radius 3 is 1.77 bits per heavy atom. The van der Waals surface area contributed by atoms with Crippen molar-refractivity contribution in [2.24, 2.45) is 10.2 Å². The van der Waals surface area contributed by atoms with Gasteiger partial charge in [-0.3, -0.25) is 25.3 Å². The predicted molar refractivity (Wildman–Crippen MR) is 164 cm³/mol. The molecule has 0 saturated heterocycles. The molecular formula is C26H21Cl2N7O2S2. The Morgan fingerprint density at radius 2 is 1.26 bits per heavy atom. The van der Waals surface area contributed by atoms with Crippen LogP contribution < -0.4 is 21.5 Å². The second-order valence-corrected chi connectivity index (χ2v) is 9.75. The van der Waals surface area contributed by atoms with Gasteiger partial charge in [-0.25, -0.2) is 0 Å². The quantitative estimate of drug-likeness (QED) is 0.120. The van der Waals surface area contributed by atoms with E-state index in [1.165, 1.54) is 11.1 Å². The van der Waals surface area contributed by atoms with E-state index in [4.69, 9.17) is 47.6 Å². The molecule has 0 fully saturated rings. The van der Waals surface area contributed by atoms with E-state index >= 15 is 0 Å². The van der Waals surface area contributed by atoms with Crippen LogP contribution in [0, 0.1) is 0 Å². The van der Waals surface area contributed by atoms with Crippen molar-refractivity contribution in [1.82, 2.24) is 15.8 Å². The highest BCUT2D eigenvalue weighted by atomic mass is 35.5. The fraction of sp³-hybridized carbons (Fsp3) is 0.0769. The summed E-state index contributed by atoms with van der Waals surface area (Å²) in [6, 6.07) is 20.7. The number of carbonyl (C=O) groups is 2. The van der Waals surface area contributed by atoms with E-state index in [-0.39, 0.29) is 35.0 Å². The van der Waals surface area contributed by atoms with Crippen LogP contribution in [0.5, 0.6) is 0 Å². The summed E-state index contributed by atoms with van der Waals surface area (Å²) in [6.45, 7) is 0.0870. The van der Waals surface area contributed by atoms with E-state index in [0.717, 1.165) is 5.69 Å². The van der Waals surface area contributed by atoms with Crippen molar-refractivity contribution < 1.29 is 9.59 Å². The number of anilines is 2. The molecule has 0 aliphatic carbocycles. The molecule has 0 unspecified atom stereocenters. The van der Waals surface area contributed by atoms with Crippen molar-refractivity contribution in [2.75, 3.05) is 17.2 Å². The van der Waals surface area contributed by atoms with Gasteiger partial charge in [0.2, 0.25) is 0 Å². The standard InChI is InChI=1S/C26H21Cl2N7O2S2/c27-16-5-9-18(10-6-16)30-25(38)33-29-15-20(32-34-26(39)31-19-11-7-17(28)8-12-19)13-14-35-23(36)21-3-1-2-4-22(21)24(35)37/h1-12,15H,13-14H2,(H2,30,33,38)(H2,31,34,39)/b29-15+,32-20+. The third-order valence-corrected chi connectivity index (χ3v) is 6.25. The van der Waals surface area contributed by atoms with Crippen LogP contribution in [-0.4, -0.2) is 45.4 Å². The van der Waals surface area contributed by atoms with Gasteiger partial charge in [-0.05, 0) is 85.1 Å². The first-order valence-electron chi connectivity index (χ1n) is 11.5. The van der Waals surface area contributed by atoms with Crippen LogP contribution >= 0.6 is 47.6 Å². The number of nitrogens with one attached hydrogen (secondary N) is 4. The Hall–Kier alpha value is -3.90. The summed E-state index contributed by atoms with van der Waals surface area (Å²) in [5.74, 6) is -0.711. The van der Waals surface area contributed by atoms with Crippen LogP contribution in [0.2, 0.25) is 10.0 Å². The predicted octanol–water partition coefficient (Wildman–Crippen LogP) is 5.29. The van der Waals surface area contributed by atoms with Gasteiger partial charge in [0.1, 0.15) is 0 Å². The molecular weight excluding hydrogens is 577 g/mol. The lowest BCUT2D eigenvalue weighted by Crippen LogP contribution is -2.33. The highest BCUT2D eigenvalue weighted by Gasteiger charge is 2.34. The molecule has 3 aromatic rings. The number of hydrogen-bond donors (Lipinski definition) is 4. The Labute approximate surface area is 245 Å².